The molecule has 1 atom stereocenters. The molecule has 1 fully saturated rings. The minimum absolute atomic E-state index is 0.258. The van der Waals surface area contributed by atoms with Gasteiger partial charge in [-0.2, -0.15) is 4.31 Å². The zero-order valence-corrected chi connectivity index (χ0v) is 13.8. The van der Waals surface area contributed by atoms with Crippen LogP contribution >= 0.6 is 23.2 Å². The fraction of sp³-hybridized carbons (Fsp3) is 0.571. The highest BCUT2D eigenvalue weighted by Gasteiger charge is 2.29. The molecule has 1 aromatic carbocycles. The van der Waals surface area contributed by atoms with Crippen molar-refractivity contribution in [2.24, 2.45) is 5.92 Å². The number of sulfonamides is 1. The maximum Gasteiger partial charge on any atom is 0.243 e. The molecule has 2 rings (SSSR count). The third-order valence-corrected chi connectivity index (χ3v) is 6.37. The van der Waals surface area contributed by atoms with Crippen molar-refractivity contribution in [1.82, 2.24) is 4.31 Å². The average molecular weight is 336 g/mol. The Balaban J connectivity index is 2.28. The summed E-state index contributed by atoms with van der Waals surface area (Å²) in [5.41, 5.74) is 0.748. The predicted molar refractivity (Wildman–Crippen MR) is 82.8 cm³/mol. The molecule has 0 saturated carbocycles. The van der Waals surface area contributed by atoms with Crippen LogP contribution in [0, 0.1) is 5.92 Å². The second kappa shape index (κ2) is 6.65. The highest BCUT2D eigenvalue weighted by atomic mass is 35.5. The summed E-state index contributed by atoms with van der Waals surface area (Å²) in [5, 5.41) is 0.408. The van der Waals surface area contributed by atoms with Crippen LogP contribution in [0.2, 0.25) is 5.02 Å². The molecule has 1 aliphatic heterocycles. The van der Waals surface area contributed by atoms with Gasteiger partial charge in [-0.3, -0.25) is 0 Å². The van der Waals surface area contributed by atoms with E-state index < -0.39 is 10.0 Å². The Bertz CT molecular complexity index is 575. The molecule has 3 nitrogen and oxygen atoms in total. The van der Waals surface area contributed by atoms with Gasteiger partial charge in [0.05, 0.1) is 4.90 Å². The van der Waals surface area contributed by atoms with E-state index >= 15 is 0 Å². The van der Waals surface area contributed by atoms with E-state index in [1.807, 2.05) is 0 Å². The van der Waals surface area contributed by atoms with Crippen LogP contribution in [0.5, 0.6) is 0 Å². The standard InChI is InChI=1S/C14H19Cl2NO2S/c1-2-11-4-3-7-17(10-11)20(18,19)13-6-5-12(9-15)14(16)8-13/h5-6,8,11H,2-4,7,9-10H2,1H3. The average Bonchev–Trinajstić information content (AvgIpc) is 2.47. The zero-order chi connectivity index (χ0) is 14.8. The Morgan fingerprint density at radius 2 is 2.15 bits per heavy atom. The van der Waals surface area contributed by atoms with Crippen LogP contribution in [0.15, 0.2) is 23.1 Å². The molecule has 0 bridgehead atoms. The summed E-state index contributed by atoms with van der Waals surface area (Å²) < 4.78 is 26.8. The van der Waals surface area contributed by atoms with Gasteiger partial charge in [0.1, 0.15) is 0 Å². The summed E-state index contributed by atoms with van der Waals surface area (Å²) in [6, 6.07) is 4.78. The Kier molecular flexibility index (Phi) is 5.35. The molecule has 1 unspecified atom stereocenters. The van der Waals surface area contributed by atoms with Gasteiger partial charge >= 0.3 is 0 Å². The van der Waals surface area contributed by atoms with Crippen LogP contribution < -0.4 is 0 Å². The van der Waals surface area contributed by atoms with Gasteiger partial charge in [0.25, 0.3) is 0 Å². The number of rotatable bonds is 4. The number of hydrogen-bond donors (Lipinski definition) is 0. The molecule has 0 spiro atoms. The van der Waals surface area contributed by atoms with Crippen LogP contribution in [0.25, 0.3) is 0 Å². The quantitative estimate of drug-likeness (QED) is 0.782. The molecule has 0 radical (unpaired) electrons. The van der Waals surface area contributed by atoms with Crippen molar-refractivity contribution < 1.29 is 8.42 Å². The minimum Gasteiger partial charge on any atom is -0.207 e. The highest BCUT2D eigenvalue weighted by molar-refractivity contribution is 7.89. The van der Waals surface area contributed by atoms with Crippen molar-refractivity contribution >= 4 is 33.2 Å². The molecule has 0 N–H and O–H groups in total. The predicted octanol–water partition coefficient (Wildman–Crippen LogP) is 3.89. The zero-order valence-electron chi connectivity index (χ0n) is 11.5. The molecule has 6 heteroatoms. The van der Waals surface area contributed by atoms with Crippen molar-refractivity contribution in [2.45, 2.75) is 37.0 Å². The maximum absolute atomic E-state index is 12.6. The number of nitrogens with zero attached hydrogens (tertiary/aromatic N) is 1. The van der Waals surface area contributed by atoms with Crippen molar-refractivity contribution in [3.05, 3.63) is 28.8 Å². The minimum atomic E-state index is -3.45. The lowest BCUT2D eigenvalue weighted by molar-refractivity contribution is 0.261. The topological polar surface area (TPSA) is 37.4 Å². The lowest BCUT2D eigenvalue weighted by atomic mass is 9.97. The number of piperidine rings is 1. The fourth-order valence-corrected chi connectivity index (χ4v) is 4.72. The molecule has 0 amide bonds. The van der Waals surface area contributed by atoms with Crippen LogP contribution in [-0.4, -0.2) is 25.8 Å². The first-order chi connectivity index (χ1) is 9.48. The summed E-state index contributed by atoms with van der Waals surface area (Å²) in [4.78, 5) is 0.258. The molecule has 1 heterocycles. The van der Waals surface area contributed by atoms with Crippen LogP contribution in [0.3, 0.4) is 0 Å². The SMILES string of the molecule is CCC1CCCN(S(=O)(=O)c2ccc(CCl)c(Cl)c2)C1. The van der Waals surface area contributed by atoms with Gasteiger partial charge in [0, 0.05) is 24.0 Å². The third kappa shape index (κ3) is 3.30. The van der Waals surface area contributed by atoms with Crippen molar-refractivity contribution in [3.63, 3.8) is 0 Å². The second-order valence-electron chi connectivity index (χ2n) is 5.17. The van der Waals surface area contributed by atoms with Gasteiger partial charge < -0.3 is 0 Å². The van der Waals surface area contributed by atoms with Gasteiger partial charge in [-0.05, 0) is 36.5 Å². The first-order valence-corrected chi connectivity index (χ1v) is 9.18. The van der Waals surface area contributed by atoms with Gasteiger partial charge in [0.2, 0.25) is 10.0 Å². The van der Waals surface area contributed by atoms with Crippen molar-refractivity contribution in [2.75, 3.05) is 13.1 Å². The molecule has 1 aromatic rings. The fourth-order valence-electron chi connectivity index (χ4n) is 2.52. The van der Waals surface area contributed by atoms with E-state index in [2.05, 4.69) is 6.92 Å². The van der Waals surface area contributed by atoms with E-state index in [0.29, 0.717) is 24.0 Å². The first-order valence-electron chi connectivity index (χ1n) is 6.83. The van der Waals surface area contributed by atoms with Crippen molar-refractivity contribution in [3.8, 4) is 0 Å². The number of hydrogen-bond acceptors (Lipinski definition) is 2. The number of halogens is 2. The third-order valence-electron chi connectivity index (χ3n) is 3.87. The van der Waals surface area contributed by atoms with Crippen LogP contribution in [-0.2, 0) is 15.9 Å². The number of alkyl halides is 1. The molecule has 1 aliphatic rings. The molecular formula is C14H19Cl2NO2S. The van der Waals surface area contributed by atoms with Gasteiger partial charge in [-0.1, -0.05) is 31.0 Å². The van der Waals surface area contributed by atoms with E-state index in [1.54, 1.807) is 16.4 Å². The van der Waals surface area contributed by atoms with Gasteiger partial charge in [-0.25, -0.2) is 8.42 Å². The van der Waals surface area contributed by atoms with E-state index in [9.17, 15) is 8.42 Å². The molecule has 0 aromatic heterocycles. The molecule has 20 heavy (non-hydrogen) atoms. The van der Waals surface area contributed by atoms with Gasteiger partial charge in [0.15, 0.2) is 0 Å². The normalized spacial score (nSPS) is 21.1. The summed E-state index contributed by atoms with van der Waals surface area (Å²) >= 11 is 11.8. The molecular weight excluding hydrogens is 317 g/mol. The summed E-state index contributed by atoms with van der Waals surface area (Å²) in [6.07, 6.45) is 3.04. The summed E-state index contributed by atoms with van der Waals surface area (Å²) in [6.45, 7) is 3.30. The second-order valence-corrected chi connectivity index (χ2v) is 7.78. The molecule has 112 valence electrons. The van der Waals surface area contributed by atoms with Crippen molar-refractivity contribution in [1.29, 1.82) is 0 Å². The number of benzene rings is 1. The van der Waals surface area contributed by atoms with E-state index in [-0.39, 0.29) is 10.8 Å². The first kappa shape index (κ1) is 16.1. The smallest absolute Gasteiger partial charge is 0.207 e. The Morgan fingerprint density at radius 3 is 2.75 bits per heavy atom. The monoisotopic (exact) mass is 335 g/mol. The summed E-state index contributed by atoms with van der Waals surface area (Å²) in [5.74, 6) is 0.733. The molecule has 0 aliphatic carbocycles. The largest absolute Gasteiger partial charge is 0.243 e. The maximum atomic E-state index is 12.6. The summed E-state index contributed by atoms with van der Waals surface area (Å²) in [7, 11) is -3.45. The lowest BCUT2D eigenvalue weighted by Crippen LogP contribution is -2.39. The Morgan fingerprint density at radius 1 is 1.40 bits per heavy atom. The van der Waals surface area contributed by atoms with E-state index in [4.69, 9.17) is 23.2 Å². The van der Waals surface area contributed by atoms with Crippen LogP contribution in [0.1, 0.15) is 31.7 Å². The Hall–Kier alpha value is -0.290. The van der Waals surface area contributed by atoms with Gasteiger partial charge in [-0.15, -0.1) is 11.6 Å². The highest BCUT2D eigenvalue weighted by Crippen LogP contribution is 2.28. The molecule has 1 saturated heterocycles. The van der Waals surface area contributed by atoms with E-state index in [1.165, 1.54) is 6.07 Å². The van der Waals surface area contributed by atoms with E-state index in [0.717, 1.165) is 24.8 Å². The lowest BCUT2D eigenvalue weighted by Gasteiger charge is -2.31. The Labute approximate surface area is 130 Å². The van der Waals surface area contributed by atoms with Crippen LogP contribution in [0.4, 0.5) is 0 Å².